The van der Waals surface area contributed by atoms with E-state index in [0.29, 0.717) is 11.8 Å². The predicted octanol–water partition coefficient (Wildman–Crippen LogP) is 3.23. The lowest BCUT2D eigenvalue weighted by Gasteiger charge is -2.56. The molecule has 0 amide bonds. The van der Waals surface area contributed by atoms with Gasteiger partial charge in [-0.05, 0) is 42.9 Å². The van der Waals surface area contributed by atoms with E-state index in [2.05, 4.69) is 19.9 Å². The van der Waals surface area contributed by atoms with E-state index >= 15 is 0 Å². The van der Waals surface area contributed by atoms with Gasteiger partial charge in [0.25, 0.3) is 0 Å². The minimum atomic E-state index is -0.669. The first-order valence-electron chi connectivity index (χ1n) is 5.92. The fourth-order valence-corrected chi connectivity index (χ4v) is 3.20. The molecule has 84 valence electrons. The van der Waals surface area contributed by atoms with E-state index in [1.807, 2.05) is 0 Å². The summed E-state index contributed by atoms with van der Waals surface area (Å²) in [6, 6.07) is 0. The molecule has 2 atom stereocenters. The summed E-state index contributed by atoms with van der Waals surface area (Å²) in [7, 11) is 0. The van der Waals surface area contributed by atoms with Crippen molar-refractivity contribution < 1.29 is 9.90 Å². The van der Waals surface area contributed by atoms with Crippen molar-refractivity contribution in [1.82, 2.24) is 0 Å². The Labute approximate surface area is 91.4 Å². The molecule has 0 aromatic heterocycles. The van der Waals surface area contributed by atoms with Crippen molar-refractivity contribution in [3.8, 4) is 0 Å². The maximum absolute atomic E-state index is 10.4. The smallest absolute Gasteiger partial charge is 0.303 e. The Balaban J connectivity index is 1.88. The molecule has 0 spiro atoms. The van der Waals surface area contributed by atoms with Gasteiger partial charge in [-0.25, -0.2) is 0 Å². The molecule has 0 radical (unpaired) electrons. The van der Waals surface area contributed by atoms with Crippen LogP contribution in [0.2, 0.25) is 0 Å². The molecule has 0 heterocycles. The number of hydrogen-bond acceptors (Lipinski definition) is 1. The standard InChI is InChI=1S/C13H20O2/c1-13(2)10-7-6-9(11(13)8-10)4-3-5-12(14)15/h6,10-11H,3-5,7-8H2,1-2H3,(H,14,15). The zero-order chi connectivity index (χ0) is 11.1. The largest absolute Gasteiger partial charge is 0.481 e. The first-order chi connectivity index (χ1) is 7.01. The fourth-order valence-electron chi connectivity index (χ4n) is 3.20. The van der Waals surface area contributed by atoms with Gasteiger partial charge in [-0.15, -0.1) is 0 Å². The molecule has 0 aliphatic heterocycles. The van der Waals surface area contributed by atoms with Crippen molar-refractivity contribution in [2.45, 2.75) is 46.0 Å². The molecule has 0 aromatic carbocycles. The van der Waals surface area contributed by atoms with Gasteiger partial charge in [-0.2, -0.15) is 0 Å². The lowest BCUT2D eigenvalue weighted by molar-refractivity contribution is -0.137. The van der Waals surface area contributed by atoms with Crippen LogP contribution >= 0.6 is 0 Å². The average Bonchev–Trinajstić information content (AvgIpc) is 2.17. The summed E-state index contributed by atoms with van der Waals surface area (Å²) in [5, 5.41) is 8.60. The molecule has 3 rings (SSSR count). The van der Waals surface area contributed by atoms with E-state index in [0.717, 1.165) is 24.7 Å². The Morgan fingerprint density at radius 2 is 2.33 bits per heavy atom. The third kappa shape index (κ3) is 1.82. The number of aliphatic carboxylic acids is 1. The molecule has 1 saturated carbocycles. The van der Waals surface area contributed by atoms with Crippen molar-refractivity contribution in [1.29, 1.82) is 0 Å². The van der Waals surface area contributed by atoms with Gasteiger partial charge in [0, 0.05) is 6.42 Å². The van der Waals surface area contributed by atoms with Crippen molar-refractivity contribution in [2.75, 3.05) is 0 Å². The molecule has 15 heavy (non-hydrogen) atoms. The van der Waals surface area contributed by atoms with Gasteiger partial charge in [0.05, 0.1) is 0 Å². The topological polar surface area (TPSA) is 37.3 Å². The quantitative estimate of drug-likeness (QED) is 0.720. The summed E-state index contributed by atoms with van der Waals surface area (Å²) in [5.41, 5.74) is 2.01. The highest BCUT2D eigenvalue weighted by Crippen LogP contribution is 2.59. The Morgan fingerprint density at radius 1 is 1.60 bits per heavy atom. The zero-order valence-electron chi connectivity index (χ0n) is 9.62. The van der Waals surface area contributed by atoms with Crippen LogP contribution in [0, 0.1) is 17.3 Å². The number of rotatable bonds is 4. The van der Waals surface area contributed by atoms with Gasteiger partial charge in [0.2, 0.25) is 0 Å². The number of carbonyl (C=O) groups is 1. The van der Waals surface area contributed by atoms with Crippen molar-refractivity contribution >= 4 is 5.97 Å². The van der Waals surface area contributed by atoms with Gasteiger partial charge >= 0.3 is 5.97 Å². The van der Waals surface area contributed by atoms with Gasteiger partial charge in [-0.1, -0.05) is 25.5 Å². The second-order valence-corrected chi connectivity index (χ2v) is 5.57. The molecule has 2 heteroatoms. The van der Waals surface area contributed by atoms with E-state index in [1.165, 1.54) is 18.4 Å². The number of carboxylic acids is 1. The number of fused-ring (bicyclic) bond motifs is 1. The molecule has 3 aliphatic carbocycles. The Hall–Kier alpha value is -0.790. The van der Waals surface area contributed by atoms with Gasteiger partial charge in [0.15, 0.2) is 0 Å². The summed E-state index contributed by atoms with van der Waals surface area (Å²) in [6.45, 7) is 4.71. The molecular formula is C13H20O2. The third-order valence-corrected chi connectivity index (χ3v) is 4.44. The van der Waals surface area contributed by atoms with E-state index < -0.39 is 5.97 Å². The molecule has 2 bridgehead atoms. The fraction of sp³-hybridized carbons (Fsp3) is 0.769. The normalized spacial score (nSPS) is 31.7. The van der Waals surface area contributed by atoms with Gasteiger partial charge in [0.1, 0.15) is 0 Å². The lowest BCUT2D eigenvalue weighted by atomic mass is 9.48. The highest BCUT2D eigenvalue weighted by Gasteiger charge is 2.50. The highest BCUT2D eigenvalue weighted by molar-refractivity contribution is 5.66. The monoisotopic (exact) mass is 208 g/mol. The number of allylic oxidation sites excluding steroid dienone is 2. The Morgan fingerprint density at radius 3 is 2.87 bits per heavy atom. The predicted molar refractivity (Wildman–Crippen MR) is 59.6 cm³/mol. The molecule has 2 unspecified atom stereocenters. The van der Waals surface area contributed by atoms with Crippen LogP contribution in [0.3, 0.4) is 0 Å². The summed E-state index contributed by atoms with van der Waals surface area (Å²) in [5.74, 6) is 0.952. The Kier molecular flexibility index (Phi) is 2.61. The summed E-state index contributed by atoms with van der Waals surface area (Å²) < 4.78 is 0. The molecule has 0 aromatic rings. The molecule has 0 saturated heterocycles. The van der Waals surface area contributed by atoms with Crippen LogP contribution in [0.4, 0.5) is 0 Å². The first-order valence-corrected chi connectivity index (χ1v) is 5.92. The minimum absolute atomic E-state index is 0.313. The minimum Gasteiger partial charge on any atom is -0.481 e. The van der Waals surface area contributed by atoms with Crippen molar-refractivity contribution in [3.63, 3.8) is 0 Å². The van der Waals surface area contributed by atoms with Crippen LogP contribution in [-0.2, 0) is 4.79 Å². The lowest BCUT2D eigenvalue weighted by Crippen LogP contribution is -2.48. The van der Waals surface area contributed by atoms with Crippen LogP contribution in [0.1, 0.15) is 46.0 Å². The van der Waals surface area contributed by atoms with Crippen LogP contribution in [0.25, 0.3) is 0 Å². The Bertz CT molecular complexity index is 302. The van der Waals surface area contributed by atoms with Gasteiger partial charge < -0.3 is 5.11 Å². The third-order valence-electron chi connectivity index (χ3n) is 4.44. The van der Waals surface area contributed by atoms with Crippen LogP contribution in [0.15, 0.2) is 11.6 Å². The summed E-state index contributed by atoms with van der Waals surface area (Å²) >= 11 is 0. The van der Waals surface area contributed by atoms with E-state index in [-0.39, 0.29) is 0 Å². The molecule has 1 N–H and O–H groups in total. The number of carboxylic acid groups (broad SMARTS) is 1. The van der Waals surface area contributed by atoms with E-state index in [9.17, 15) is 4.79 Å². The first kappa shape index (κ1) is 10.7. The van der Waals surface area contributed by atoms with Crippen LogP contribution in [0.5, 0.6) is 0 Å². The number of hydrogen-bond donors (Lipinski definition) is 1. The maximum atomic E-state index is 10.4. The van der Waals surface area contributed by atoms with E-state index in [1.54, 1.807) is 0 Å². The maximum Gasteiger partial charge on any atom is 0.303 e. The molecular weight excluding hydrogens is 188 g/mol. The zero-order valence-corrected chi connectivity index (χ0v) is 9.62. The molecule has 2 nitrogen and oxygen atoms in total. The second kappa shape index (κ2) is 3.66. The molecule has 1 fully saturated rings. The van der Waals surface area contributed by atoms with Crippen LogP contribution < -0.4 is 0 Å². The summed E-state index contributed by atoms with van der Waals surface area (Å²) in [6.07, 6.45) is 7.03. The SMILES string of the molecule is CC1(C)C2CC=C(CCCC(=O)O)C1C2. The highest BCUT2D eigenvalue weighted by atomic mass is 16.4. The van der Waals surface area contributed by atoms with Crippen molar-refractivity contribution in [2.24, 2.45) is 17.3 Å². The van der Waals surface area contributed by atoms with Crippen molar-refractivity contribution in [3.05, 3.63) is 11.6 Å². The van der Waals surface area contributed by atoms with Gasteiger partial charge in [-0.3, -0.25) is 4.79 Å². The molecule has 3 aliphatic rings. The van der Waals surface area contributed by atoms with Crippen LogP contribution in [-0.4, -0.2) is 11.1 Å². The average molecular weight is 208 g/mol. The second-order valence-electron chi connectivity index (χ2n) is 5.57. The van der Waals surface area contributed by atoms with E-state index in [4.69, 9.17) is 5.11 Å². The summed E-state index contributed by atoms with van der Waals surface area (Å²) in [4.78, 5) is 10.4.